The maximum atomic E-state index is 11.5. The van der Waals surface area contributed by atoms with Crippen LogP contribution in [0, 0.1) is 6.92 Å². The summed E-state index contributed by atoms with van der Waals surface area (Å²) in [6.07, 6.45) is 1.98. The van der Waals surface area contributed by atoms with Gasteiger partial charge >= 0.3 is 12.1 Å². The van der Waals surface area contributed by atoms with Crippen LogP contribution in [-0.2, 0) is 11.3 Å². The largest absolute Gasteiger partial charge is 0.480 e. The maximum absolute atomic E-state index is 11.5. The molecule has 150 valence electrons. The highest BCUT2D eigenvalue weighted by molar-refractivity contribution is 6.08. The van der Waals surface area contributed by atoms with Crippen LogP contribution in [0.4, 0.5) is 4.79 Å². The molecule has 0 unspecified atom stereocenters. The lowest BCUT2D eigenvalue weighted by Gasteiger charge is -2.17. The summed E-state index contributed by atoms with van der Waals surface area (Å²) in [6.45, 7) is 6.36. The minimum absolute atomic E-state index is 0.0244. The maximum Gasteiger partial charge on any atom is 0.408 e. The van der Waals surface area contributed by atoms with Gasteiger partial charge in [0.05, 0.1) is 12.1 Å². The number of aryl methyl sites for hydroxylation is 1. The Kier molecular flexibility index (Phi) is 4.62. The number of benzene rings is 1. The van der Waals surface area contributed by atoms with Crippen LogP contribution in [0.15, 0.2) is 43.1 Å². The van der Waals surface area contributed by atoms with E-state index in [2.05, 4.69) is 11.6 Å². The number of ether oxygens (including phenoxy) is 1. The van der Waals surface area contributed by atoms with E-state index in [-0.39, 0.29) is 13.0 Å². The van der Waals surface area contributed by atoms with Crippen molar-refractivity contribution in [3.63, 3.8) is 0 Å². The lowest BCUT2D eigenvalue weighted by atomic mass is 10.1. The van der Waals surface area contributed by atoms with Crippen molar-refractivity contribution in [3.05, 3.63) is 48.7 Å². The molecule has 1 aliphatic rings. The molecule has 0 aliphatic carbocycles. The summed E-state index contributed by atoms with van der Waals surface area (Å²) in [4.78, 5) is 28.4. The number of likely N-dealkylation sites (tertiary alicyclic amines) is 1. The number of pyridine rings is 1. The van der Waals surface area contributed by atoms with E-state index in [0.717, 1.165) is 32.3 Å². The fourth-order valence-corrected chi connectivity index (χ4v) is 4.06. The Hall–Kier alpha value is -3.55. The number of rotatable bonds is 5. The summed E-state index contributed by atoms with van der Waals surface area (Å²) < 4.78 is 8.11. The second-order valence-corrected chi connectivity index (χ2v) is 7.18. The van der Waals surface area contributed by atoms with E-state index in [1.54, 1.807) is 6.08 Å². The second kappa shape index (κ2) is 7.12. The first-order valence-electron chi connectivity index (χ1n) is 9.28. The number of aromatic nitrogens is 2. The number of carboxylic acids is 1. The summed E-state index contributed by atoms with van der Waals surface area (Å²) in [5, 5.41) is 20.7. The fourth-order valence-electron chi connectivity index (χ4n) is 4.06. The van der Waals surface area contributed by atoms with E-state index in [1.165, 1.54) is 0 Å². The third-order valence-electron chi connectivity index (χ3n) is 5.26. The topological polar surface area (TPSA) is 105 Å². The van der Waals surface area contributed by atoms with Gasteiger partial charge in [0, 0.05) is 29.9 Å². The molecule has 1 aromatic carbocycles. The third-order valence-corrected chi connectivity index (χ3v) is 5.26. The Morgan fingerprint density at radius 3 is 2.76 bits per heavy atom. The van der Waals surface area contributed by atoms with Gasteiger partial charge < -0.3 is 19.5 Å². The zero-order valence-electron chi connectivity index (χ0n) is 15.9. The third kappa shape index (κ3) is 3.16. The SMILES string of the molecule is C=CCn1cc(C)c2c3ccccc3nc(O[C@@H]3C[C@@H](C(=O)O)N(C(=O)O)C3)c21. The predicted octanol–water partition coefficient (Wildman–Crippen LogP) is 3.27. The van der Waals surface area contributed by atoms with Crippen LogP contribution in [0.5, 0.6) is 5.88 Å². The standard InChI is InChI=1S/C21H21N3O5/c1-3-8-23-10-12(2)17-14-6-4-5-7-15(14)22-19(18(17)23)29-13-9-16(20(25)26)24(11-13)21(27)28/h3-7,10,13,16H,1,8-9,11H2,2H3,(H,25,26)(H,27,28)/t13-,16+/m1/s1. The molecule has 3 heterocycles. The zero-order valence-corrected chi connectivity index (χ0v) is 15.9. The molecule has 1 fully saturated rings. The minimum Gasteiger partial charge on any atom is -0.480 e. The van der Waals surface area contributed by atoms with Crippen molar-refractivity contribution in [1.82, 2.24) is 14.5 Å². The van der Waals surface area contributed by atoms with E-state index in [0.29, 0.717) is 12.4 Å². The molecule has 3 aromatic rings. The Labute approximate surface area is 166 Å². The van der Waals surface area contributed by atoms with Crippen LogP contribution >= 0.6 is 0 Å². The number of hydrogen-bond donors (Lipinski definition) is 2. The van der Waals surface area contributed by atoms with E-state index >= 15 is 0 Å². The van der Waals surface area contributed by atoms with Gasteiger partial charge in [-0.1, -0.05) is 24.3 Å². The molecule has 0 saturated carbocycles. The van der Waals surface area contributed by atoms with Crippen LogP contribution in [0.1, 0.15) is 12.0 Å². The van der Waals surface area contributed by atoms with Crippen LogP contribution in [0.2, 0.25) is 0 Å². The lowest BCUT2D eigenvalue weighted by Crippen LogP contribution is -2.39. The summed E-state index contributed by atoms with van der Waals surface area (Å²) in [5.74, 6) is -0.809. The van der Waals surface area contributed by atoms with Crippen LogP contribution in [-0.4, -0.2) is 55.4 Å². The van der Waals surface area contributed by atoms with Gasteiger partial charge in [-0.2, -0.15) is 0 Å². The average molecular weight is 395 g/mol. The first kappa shape index (κ1) is 18.8. The zero-order chi connectivity index (χ0) is 20.7. The van der Waals surface area contributed by atoms with Gasteiger partial charge in [0.2, 0.25) is 5.88 Å². The van der Waals surface area contributed by atoms with Crippen molar-refractivity contribution >= 4 is 33.9 Å². The molecule has 4 rings (SSSR count). The highest BCUT2D eigenvalue weighted by Crippen LogP contribution is 2.36. The summed E-state index contributed by atoms with van der Waals surface area (Å²) in [5.41, 5.74) is 2.62. The number of carboxylic acid groups (broad SMARTS) is 2. The molecule has 1 aliphatic heterocycles. The van der Waals surface area contributed by atoms with Gasteiger partial charge in [-0.3, -0.25) is 4.90 Å². The summed E-state index contributed by atoms with van der Waals surface area (Å²) in [6, 6.07) is 6.61. The van der Waals surface area contributed by atoms with E-state index in [1.807, 2.05) is 42.0 Å². The fraction of sp³-hybridized carbons (Fsp3) is 0.286. The molecular weight excluding hydrogens is 374 g/mol. The molecule has 0 bridgehead atoms. The molecule has 29 heavy (non-hydrogen) atoms. The summed E-state index contributed by atoms with van der Waals surface area (Å²) >= 11 is 0. The highest BCUT2D eigenvalue weighted by Gasteiger charge is 2.41. The van der Waals surface area contributed by atoms with Crippen molar-refractivity contribution in [1.29, 1.82) is 0 Å². The van der Waals surface area contributed by atoms with E-state index in [4.69, 9.17) is 4.74 Å². The first-order valence-corrected chi connectivity index (χ1v) is 9.28. The van der Waals surface area contributed by atoms with Crippen molar-refractivity contribution in [2.24, 2.45) is 0 Å². The molecule has 0 radical (unpaired) electrons. The van der Waals surface area contributed by atoms with Gasteiger partial charge in [-0.15, -0.1) is 6.58 Å². The number of nitrogens with zero attached hydrogens (tertiary/aromatic N) is 3. The highest BCUT2D eigenvalue weighted by atomic mass is 16.5. The lowest BCUT2D eigenvalue weighted by molar-refractivity contribution is -0.141. The molecule has 1 saturated heterocycles. The smallest absolute Gasteiger partial charge is 0.408 e. The Morgan fingerprint density at radius 2 is 2.10 bits per heavy atom. The van der Waals surface area contributed by atoms with Gasteiger partial charge in [0.1, 0.15) is 17.7 Å². The molecular formula is C21H21N3O5. The number of carbonyl (C=O) groups is 2. The monoisotopic (exact) mass is 395 g/mol. The molecule has 2 aromatic heterocycles. The van der Waals surface area contributed by atoms with Crippen molar-refractivity contribution < 1.29 is 24.5 Å². The van der Waals surface area contributed by atoms with E-state index < -0.39 is 24.2 Å². The average Bonchev–Trinajstić information content (AvgIpc) is 3.24. The molecule has 2 atom stereocenters. The predicted molar refractivity (Wildman–Crippen MR) is 107 cm³/mol. The minimum atomic E-state index is -1.27. The van der Waals surface area contributed by atoms with Crippen molar-refractivity contribution in [2.45, 2.75) is 32.0 Å². The number of aliphatic carboxylic acids is 1. The van der Waals surface area contributed by atoms with Crippen LogP contribution < -0.4 is 4.74 Å². The number of hydrogen-bond acceptors (Lipinski definition) is 4. The number of allylic oxidation sites excluding steroid dienone is 1. The number of amides is 1. The molecule has 8 nitrogen and oxygen atoms in total. The Bertz CT molecular complexity index is 1110. The second-order valence-electron chi connectivity index (χ2n) is 7.18. The number of para-hydroxylation sites is 1. The quantitative estimate of drug-likeness (QED) is 0.643. The number of fused-ring (bicyclic) bond motifs is 3. The molecule has 1 amide bonds. The first-order chi connectivity index (χ1) is 13.9. The van der Waals surface area contributed by atoms with Crippen LogP contribution in [0.3, 0.4) is 0 Å². The van der Waals surface area contributed by atoms with Crippen molar-refractivity contribution in [3.8, 4) is 5.88 Å². The van der Waals surface area contributed by atoms with Crippen LogP contribution in [0.25, 0.3) is 21.8 Å². The Morgan fingerprint density at radius 1 is 1.34 bits per heavy atom. The van der Waals surface area contributed by atoms with Gasteiger partial charge in [0.25, 0.3) is 0 Å². The van der Waals surface area contributed by atoms with Gasteiger partial charge in [0.15, 0.2) is 0 Å². The molecule has 8 heteroatoms. The van der Waals surface area contributed by atoms with E-state index in [9.17, 15) is 19.8 Å². The molecule has 2 N–H and O–H groups in total. The van der Waals surface area contributed by atoms with Crippen molar-refractivity contribution in [2.75, 3.05) is 6.54 Å². The Balaban J connectivity index is 1.81. The van der Waals surface area contributed by atoms with Gasteiger partial charge in [-0.25, -0.2) is 14.6 Å². The molecule has 0 spiro atoms. The normalized spacial score (nSPS) is 19.0. The summed E-state index contributed by atoms with van der Waals surface area (Å²) in [7, 11) is 0. The van der Waals surface area contributed by atoms with Gasteiger partial charge in [-0.05, 0) is 18.6 Å².